The minimum Gasteiger partial charge on any atom is -0.497 e. The molecule has 1 spiro atoms. The number of amides is 1. The Morgan fingerprint density at radius 1 is 0.933 bits per heavy atom. The second-order valence-corrected chi connectivity index (χ2v) is 23.9. The molecule has 0 bridgehead atoms. The van der Waals surface area contributed by atoms with Gasteiger partial charge in [-0.05, 0) is 147 Å². The van der Waals surface area contributed by atoms with Crippen LogP contribution in [-0.4, -0.2) is 102 Å². The number of ether oxygens (including phenoxy) is 2. The van der Waals surface area contributed by atoms with Crippen molar-refractivity contribution < 1.29 is 32.7 Å². The van der Waals surface area contributed by atoms with Crippen molar-refractivity contribution in [3.05, 3.63) is 142 Å². The molecule has 4 aromatic carbocycles. The lowest BCUT2D eigenvalue weighted by Crippen LogP contribution is -2.60. The Morgan fingerprint density at radius 3 is 2.43 bits per heavy atom. The fraction of sp³-hybridized carbons (Fsp3) is 0.448. The summed E-state index contributed by atoms with van der Waals surface area (Å²) in [4.78, 5) is 40.6. The van der Waals surface area contributed by atoms with E-state index in [4.69, 9.17) is 9.47 Å². The molecule has 396 valence electrons. The number of aromatic amines is 1. The summed E-state index contributed by atoms with van der Waals surface area (Å²) in [7, 11) is -2.89. The largest absolute Gasteiger partial charge is 0.497 e. The van der Waals surface area contributed by atoms with Gasteiger partial charge in [-0.25, -0.2) is 18.1 Å². The van der Waals surface area contributed by atoms with Crippen LogP contribution in [0.1, 0.15) is 105 Å². The van der Waals surface area contributed by atoms with E-state index in [0.29, 0.717) is 48.8 Å². The summed E-state index contributed by atoms with van der Waals surface area (Å²) in [5.74, 6) is 1.18. The summed E-state index contributed by atoms with van der Waals surface area (Å²) in [6, 6.07) is 30.7. The first-order valence-electron chi connectivity index (χ1n) is 26.5. The van der Waals surface area contributed by atoms with Gasteiger partial charge in [-0.3, -0.25) is 24.7 Å². The highest BCUT2D eigenvalue weighted by atomic mass is 32.2. The molecule has 17 heteroatoms. The number of benzene rings is 4. The molecule has 1 atom stereocenters. The quantitative estimate of drug-likeness (QED) is 0.0498. The average molecular weight is 1040 g/mol. The number of nitrogens with zero attached hydrogens (tertiary/aromatic N) is 5. The molecule has 1 amide bonds. The Morgan fingerprint density at radius 2 is 1.69 bits per heavy atom. The van der Waals surface area contributed by atoms with Crippen LogP contribution in [0.5, 0.6) is 17.2 Å². The number of hydrogen-bond donors (Lipinski definition) is 4. The van der Waals surface area contributed by atoms with E-state index < -0.39 is 37.0 Å². The normalized spacial score (nSPS) is 21.5. The summed E-state index contributed by atoms with van der Waals surface area (Å²) >= 11 is 0. The fourth-order valence-electron chi connectivity index (χ4n) is 12.1. The van der Waals surface area contributed by atoms with E-state index in [9.17, 15) is 28.4 Å². The van der Waals surface area contributed by atoms with E-state index in [1.165, 1.54) is 28.8 Å². The predicted octanol–water partition coefficient (Wildman–Crippen LogP) is 10.3. The molecular weight excluding hydrogens is 969 g/mol. The Balaban J connectivity index is 0.831. The zero-order valence-electron chi connectivity index (χ0n) is 43.5. The maximum absolute atomic E-state index is 14.1. The zero-order chi connectivity index (χ0) is 52.5. The van der Waals surface area contributed by atoms with Crippen LogP contribution in [0, 0.1) is 27.4 Å². The second kappa shape index (κ2) is 21.6. The molecule has 4 heterocycles. The molecule has 2 aliphatic carbocycles. The average Bonchev–Trinajstić information content (AvgIpc) is 3.86. The lowest BCUT2D eigenvalue weighted by atomic mass is 9.59. The number of rotatable bonds is 17. The molecule has 0 radical (unpaired) electrons. The van der Waals surface area contributed by atoms with Crippen molar-refractivity contribution in [1.29, 1.82) is 0 Å². The standard InChI is InChI=1S/C58H70N8O8S/c1-39(2)29-42-7-5-6-8-49(42)53-38-63(37-41-9-12-46(73-4)13-10-41)27-28-65(53)45-33-58(34-45)22-25-64(26-23-58)44-11-15-50(54(31-44)74-47-30-43-19-24-59-55(43)61-36-47)56(67)62-75(71,72)48-14-16-51(52(32-48)66(69)70)60-35-40-17-20-57(3,68)21-18-40/h5-16,19,24,30-32,36,39-40,45,53,60,68H,17-18,20-23,25-29,33-35,37-38H2,1-4H3,(H,59,61)(H,62,67)/t40-,53?,57-. The van der Waals surface area contributed by atoms with Gasteiger partial charge in [-0.1, -0.05) is 50.2 Å². The van der Waals surface area contributed by atoms with Crippen LogP contribution in [-0.2, 0) is 23.0 Å². The lowest BCUT2D eigenvalue weighted by Gasteiger charge is -2.58. The first kappa shape index (κ1) is 51.9. The Labute approximate surface area is 440 Å². The highest BCUT2D eigenvalue weighted by Crippen LogP contribution is 2.53. The van der Waals surface area contributed by atoms with Crippen molar-refractivity contribution in [3.63, 3.8) is 0 Å². The van der Waals surface area contributed by atoms with E-state index in [-0.39, 0.29) is 28.3 Å². The number of nitro groups is 1. The minimum atomic E-state index is -4.59. The number of sulfonamides is 1. The van der Waals surface area contributed by atoms with Gasteiger partial charge in [0.25, 0.3) is 21.6 Å². The molecule has 1 unspecified atom stereocenters. The molecule has 2 saturated carbocycles. The number of hydrogen-bond acceptors (Lipinski definition) is 13. The van der Waals surface area contributed by atoms with Crippen molar-refractivity contribution >= 4 is 44.0 Å². The second-order valence-electron chi connectivity index (χ2n) is 22.2. The Bertz CT molecular complexity index is 3120. The van der Waals surface area contributed by atoms with Gasteiger partial charge >= 0.3 is 0 Å². The number of piperidine rings is 1. The van der Waals surface area contributed by atoms with Crippen LogP contribution in [0.4, 0.5) is 17.1 Å². The van der Waals surface area contributed by atoms with E-state index >= 15 is 0 Å². The highest BCUT2D eigenvalue weighted by molar-refractivity contribution is 7.90. The molecule has 75 heavy (non-hydrogen) atoms. The van der Waals surface area contributed by atoms with E-state index in [1.54, 1.807) is 37.7 Å². The summed E-state index contributed by atoms with van der Waals surface area (Å²) in [6.45, 7) is 12.4. The number of H-pyrrole nitrogens is 1. The maximum Gasteiger partial charge on any atom is 0.293 e. The van der Waals surface area contributed by atoms with Crippen molar-refractivity contribution in [2.24, 2.45) is 17.3 Å². The van der Waals surface area contributed by atoms with Gasteiger partial charge in [0.1, 0.15) is 28.6 Å². The molecule has 16 nitrogen and oxygen atoms in total. The third-order valence-electron chi connectivity index (χ3n) is 16.4. The molecule has 2 aliphatic heterocycles. The van der Waals surface area contributed by atoms with Crippen molar-refractivity contribution in [2.45, 2.75) is 108 Å². The van der Waals surface area contributed by atoms with E-state index in [2.05, 4.69) is 85.0 Å². The molecule has 4 fully saturated rings. The topological polar surface area (TPSA) is 195 Å². The Kier molecular flexibility index (Phi) is 15.0. The number of aromatic nitrogens is 2. The SMILES string of the molecule is COc1ccc(CN2CCN(C3CC4(CCN(c5ccc(C(=O)NS(=O)(=O)c6ccc(NC[C@H]7CC[C@](C)(O)CC7)c([N+](=O)[O-])c6)c(Oc6cnc7[nH]ccc7c6)c5)CC4)C3)C(c3ccccc3CC(C)C)C2)cc1. The van der Waals surface area contributed by atoms with Gasteiger partial charge in [-0.2, -0.15) is 0 Å². The van der Waals surface area contributed by atoms with E-state index in [0.717, 1.165) is 107 Å². The predicted molar refractivity (Wildman–Crippen MR) is 291 cm³/mol. The van der Waals surface area contributed by atoms with Gasteiger partial charge in [0, 0.05) is 87.3 Å². The lowest BCUT2D eigenvalue weighted by molar-refractivity contribution is -0.384. The minimum absolute atomic E-state index is 0.0281. The van der Waals surface area contributed by atoms with Crippen LogP contribution < -0.4 is 24.4 Å². The molecular formula is C58H70N8O8S. The number of carbonyl (C=O) groups is 1. The monoisotopic (exact) mass is 1040 g/mol. The summed E-state index contributed by atoms with van der Waals surface area (Å²) in [6.07, 6.45) is 11.5. The number of aliphatic hydroxyl groups is 1. The Hall–Kier alpha value is -6.53. The van der Waals surface area contributed by atoms with Gasteiger partial charge < -0.3 is 29.8 Å². The smallest absolute Gasteiger partial charge is 0.293 e. The van der Waals surface area contributed by atoms with Crippen molar-refractivity contribution in [2.75, 3.05) is 56.6 Å². The number of nitrogens with one attached hydrogen (secondary N) is 3. The number of methoxy groups -OCH3 is 1. The molecule has 2 aromatic heterocycles. The number of pyridine rings is 1. The number of carbonyl (C=O) groups excluding carboxylic acids is 1. The first-order valence-corrected chi connectivity index (χ1v) is 28.0. The fourth-order valence-corrected chi connectivity index (χ4v) is 13.0. The van der Waals surface area contributed by atoms with E-state index in [1.807, 2.05) is 31.2 Å². The molecule has 2 saturated heterocycles. The molecule has 10 rings (SSSR count). The molecule has 4 aliphatic rings. The van der Waals surface area contributed by atoms with Crippen LogP contribution in [0.2, 0.25) is 0 Å². The summed E-state index contributed by atoms with van der Waals surface area (Å²) in [5.41, 5.74) is 4.93. The molecule has 4 N–H and O–H groups in total. The zero-order valence-corrected chi connectivity index (χ0v) is 44.3. The third kappa shape index (κ3) is 11.8. The van der Waals surface area contributed by atoms with Gasteiger partial charge in [0.05, 0.1) is 34.3 Å². The van der Waals surface area contributed by atoms with Crippen LogP contribution in [0.15, 0.2) is 114 Å². The molecule has 6 aromatic rings. The number of nitro benzene ring substituents is 1. The highest BCUT2D eigenvalue weighted by Gasteiger charge is 2.50. The van der Waals surface area contributed by atoms with Crippen molar-refractivity contribution in [1.82, 2.24) is 24.5 Å². The van der Waals surface area contributed by atoms with Crippen LogP contribution >= 0.6 is 0 Å². The van der Waals surface area contributed by atoms with Gasteiger partial charge in [-0.15, -0.1) is 0 Å². The summed E-state index contributed by atoms with van der Waals surface area (Å²) < 4.78 is 41.7. The van der Waals surface area contributed by atoms with Gasteiger partial charge in [0.15, 0.2) is 0 Å². The number of fused-ring (bicyclic) bond motifs is 1. The van der Waals surface area contributed by atoms with Crippen LogP contribution in [0.25, 0.3) is 11.0 Å². The van der Waals surface area contributed by atoms with Gasteiger partial charge in [0.2, 0.25) is 0 Å². The first-order chi connectivity index (χ1) is 36.0. The maximum atomic E-state index is 14.1. The van der Waals surface area contributed by atoms with Crippen molar-refractivity contribution in [3.8, 4) is 17.2 Å². The number of piperazine rings is 1. The summed E-state index contributed by atoms with van der Waals surface area (Å²) in [5, 5.41) is 26.5. The number of anilines is 2. The van der Waals surface area contributed by atoms with Crippen LogP contribution in [0.3, 0.4) is 0 Å². The third-order valence-corrected chi connectivity index (χ3v) is 17.7.